The Morgan fingerprint density at radius 2 is 2.14 bits per heavy atom. The summed E-state index contributed by atoms with van der Waals surface area (Å²) in [5.41, 5.74) is 0. The zero-order valence-corrected chi connectivity index (χ0v) is 9.14. The van der Waals surface area contributed by atoms with E-state index in [0.717, 1.165) is 32.0 Å². The van der Waals surface area contributed by atoms with E-state index in [1.165, 1.54) is 19.3 Å². The first-order valence-corrected chi connectivity index (χ1v) is 5.80. The summed E-state index contributed by atoms with van der Waals surface area (Å²) < 4.78 is 0. The summed E-state index contributed by atoms with van der Waals surface area (Å²) in [5, 5.41) is 6.19. The Hall–Kier alpha value is -0.570. The number of carbonyl (C=O) groups excluding carboxylic acids is 1. The fourth-order valence-electron chi connectivity index (χ4n) is 2.01. The molecule has 0 aromatic rings. The molecule has 1 rings (SSSR count). The monoisotopic (exact) mass is 198 g/mol. The first-order valence-electron chi connectivity index (χ1n) is 5.80. The van der Waals surface area contributed by atoms with Crippen LogP contribution in [0.25, 0.3) is 0 Å². The summed E-state index contributed by atoms with van der Waals surface area (Å²) in [7, 11) is 0. The predicted octanol–water partition coefficient (Wildman–Crippen LogP) is 1.29. The summed E-state index contributed by atoms with van der Waals surface area (Å²) in [6.07, 6.45) is 5.55. The first-order chi connectivity index (χ1) is 6.83. The van der Waals surface area contributed by atoms with E-state index in [1.807, 2.05) is 6.92 Å². The highest BCUT2D eigenvalue weighted by molar-refractivity contribution is 5.75. The minimum absolute atomic E-state index is 0.210. The van der Waals surface area contributed by atoms with Gasteiger partial charge in [-0.2, -0.15) is 0 Å². The van der Waals surface area contributed by atoms with Gasteiger partial charge in [-0.3, -0.25) is 4.79 Å². The van der Waals surface area contributed by atoms with Crippen LogP contribution >= 0.6 is 0 Å². The summed E-state index contributed by atoms with van der Waals surface area (Å²) in [4.78, 5) is 11.2. The third-order valence-electron chi connectivity index (χ3n) is 2.85. The number of carbonyl (C=O) groups is 1. The number of nitrogens with one attached hydrogen (secondary N) is 2. The molecule has 1 aliphatic heterocycles. The van der Waals surface area contributed by atoms with Crippen molar-refractivity contribution in [2.75, 3.05) is 19.6 Å². The molecule has 0 radical (unpaired) electrons. The molecule has 1 amide bonds. The topological polar surface area (TPSA) is 41.1 Å². The molecule has 82 valence electrons. The second-order valence-corrected chi connectivity index (χ2v) is 4.04. The number of hydrogen-bond donors (Lipinski definition) is 2. The maximum absolute atomic E-state index is 11.2. The molecule has 0 aromatic carbocycles. The highest BCUT2D eigenvalue weighted by Crippen LogP contribution is 2.18. The lowest BCUT2D eigenvalue weighted by Crippen LogP contribution is -2.28. The van der Waals surface area contributed by atoms with Crippen LogP contribution in [0.15, 0.2) is 0 Å². The standard InChI is InChI=1S/C11H22N2O/c1-2-13-11(14)5-3-4-10-6-8-12-9-7-10/h10,12H,2-9H2,1H3,(H,13,14). The maximum Gasteiger partial charge on any atom is 0.219 e. The Morgan fingerprint density at radius 1 is 1.43 bits per heavy atom. The van der Waals surface area contributed by atoms with Crippen molar-refractivity contribution >= 4 is 5.91 Å². The van der Waals surface area contributed by atoms with Crippen molar-refractivity contribution in [1.29, 1.82) is 0 Å². The first kappa shape index (κ1) is 11.5. The van der Waals surface area contributed by atoms with Gasteiger partial charge >= 0.3 is 0 Å². The van der Waals surface area contributed by atoms with E-state index in [1.54, 1.807) is 0 Å². The van der Waals surface area contributed by atoms with E-state index >= 15 is 0 Å². The van der Waals surface area contributed by atoms with E-state index < -0.39 is 0 Å². The predicted molar refractivity (Wildman–Crippen MR) is 58.1 cm³/mol. The van der Waals surface area contributed by atoms with Gasteiger partial charge in [0.2, 0.25) is 5.91 Å². The van der Waals surface area contributed by atoms with Crippen molar-refractivity contribution in [2.24, 2.45) is 5.92 Å². The average molecular weight is 198 g/mol. The van der Waals surface area contributed by atoms with Crippen LogP contribution in [0.4, 0.5) is 0 Å². The SMILES string of the molecule is CCNC(=O)CCCC1CCNCC1. The van der Waals surface area contributed by atoms with Gasteiger partial charge in [0, 0.05) is 13.0 Å². The molecular formula is C11H22N2O. The van der Waals surface area contributed by atoms with Crippen LogP contribution in [0.2, 0.25) is 0 Å². The van der Waals surface area contributed by atoms with Crippen LogP contribution < -0.4 is 10.6 Å². The van der Waals surface area contributed by atoms with Gasteiger partial charge in [-0.05, 0) is 51.6 Å². The van der Waals surface area contributed by atoms with Crippen molar-refractivity contribution in [3.8, 4) is 0 Å². The minimum atomic E-state index is 0.210. The molecule has 1 fully saturated rings. The van der Waals surface area contributed by atoms with Gasteiger partial charge < -0.3 is 10.6 Å². The van der Waals surface area contributed by atoms with Gasteiger partial charge in [-0.25, -0.2) is 0 Å². The summed E-state index contributed by atoms with van der Waals surface area (Å²) in [5.74, 6) is 1.06. The molecule has 0 unspecified atom stereocenters. The van der Waals surface area contributed by atoms with E-state index in [4.69, 9.17) is 0 Å². The lowest BCUT2D eigenvalue weighted by molar-refractivity contribution is -0.121. The van der Waals surface area contributed by atoms with Crippen LogP contribution in [0.3, 0.4) is 0 Å². The van der Waals surface area contributed by atoms with E-state index in [2.05, 4.69) is 10.6 Å². The zero-order valence-electron chi connectivity index (χ0n) is 9.14. The molecule has 1 saturated heterocycles. The van der Waals surface area contributed by atoms with Crippen molar-refractivity contribution in [3.63, 3.8) is 0 Å². The number of rotatable bonds is 5. The van der Waals surface area contributed by atoms with E-state index in [0.29, 0.717) is 6.42 Å². The Bertz CT molecular complexity index is 165. The molecule has 0 atom stereocenters. The van der Waals surface area contributed by atoms with Crippen LogP contribution in [0.1, 0.15) is 39.0 Å². The Labute approximate surface area is 86.6 Å². The van der Waals surface area contributed by atoms with Gasteiger partial charge in [0.25, 0.3) is 0 Å². The minimum Gasteiger partial charge on any atom is -0.356 e. The molecule has 14 heavy (non-hydrogen) atoms. The number of hydrogen-bond acceptors (Lipinski definition) is 2. The van der Waals surface area contributed by atoms with Gasteiger partial charge in [-0.15, -0.1) is 0 Å². The van der Waals surface area contributed by atoms with E-state index in [9.17, 15) is 4.79 Å². The Balaban J connectivity index is 1.99. The molecule has 0 saturated carbocycles. The summed E-state index contributed by atoms with van der Waals surface area (Å²) in [6, 6.07) is 0. The van der Waals surface area contributed by atoms with Crippen molar-refractivity contribution in [3.05, 3.63) is 0 Å². The molecule has 3 nitrogen and oxygen atoms in total. The van der Waals surface area contributed by atoms with Gasteiger partial charge in [0.15, 0.2) is 0 Å². The highest BCUT2D eigenvalue weighted by atomic mass is 16.1. The molecule has 0 aromatic heterocycles. The van der Waals surface area contributed by atoms with Gasteiger partial charge in [-0.1, -0.05) is 0 Å². The molecule has 3 heteroatoms. The van der Waals surface area contributed by atoms with Crippen molar-refractivity contribution in [2.45, 2.75) is 39.0 Å². The molecule has 0 spiro atoms. The normalized spacial score (nSPS) is 18.1. The molecule has 0 bridgehead atoms. The third-order valence-corrected chi connectivity index (χ3v) is 2.85. The molecule has 1 heterocycles. The number of amides is 1. The van der Waals surface area contributed by atoms with Crippen LogP contribution in [-0.2, 0) is 4.79 Å². The maximum atomic E-state index is 11.2. The summed E-state index contributed by atoms with van der Waals surface area (Å²) in [6.45, 7) is 5.04. The van der Waals surface area contributed by atoms with Gasteiger partial charge in [0.05, 0.1) is 0 Å². The van der Waals surface area contributed by atoms with Crippen molar-refractivity contribution < 1.29 is 4.79 Å². The quantitative estimate of drug-likeness (QED) is 0.699. The Kier molecular flexibility index (Phi) is 5.60. The summed E-state index contributed by atoms with van der Waals surface area (Å²) >= 11 is 0. The fraction of sp³-hybridized carbons (Fsp3) is 0.909. The lowest BCUT2D eigenvalue weighted by Gasteiger charge is -2.22. The average Bonchev–Trinajstić information content (AvgIpc) is 2.20. The lowest BCUT2D eigenvalue weighted by atomic mass is 9.92. The molecule has 0 aliphatic carbocycles. The van der Waals surface area contributed by atoms with E-state index in [-0.39, 0.29) is 5.91 Å². The molecule has 1 aliphatic rings. The van der Waals surface area contributed by atoms with Crippen LogP contribution in [0.5, 0.6) is 0 Å². The second-order valence-electron chi connectivity index (χ2n) is 4.04. The fourth-order valence-corrected chi connectivity index (χ4v) is 2.01. The third kappa shape index (κ3) is 4.61. The van der Waals surface area contributed by atoms with Crippen LogP contribution in [0, 0.1) is 5.92 Å². The molecule has 2 N–H and O–H groups in total. The Morgan fingerprint density at radius 3 is 2.79 bits per heavy atom. The van der Waals surface area contributed by atoms with Gasteiger partial charge in [0.1, 0.15) is 0 Å². The second kappa shape index (κ2) is 6.82. The largest absolute Gasteiger partial charge is 0.356 e. The zero-order chi connectivity index (χ0) is 10.2. The van der Waals surface area contributed by atoms with Crippen molar-refractivity contribution in [1.82, 2.24) is 10.6 Å². The number of piperidine rings is 1. The smallest absolute Gasteiger partial charge is 0.219 e. The molecular weight excluding hydrogens is 176 g/mol. The highest BCUT2D eigenvalue weighted by Gasteiger charge is 2.12. The van der Waals surface area contributed by atoms with Crippen LogP contribution in [-0.4, -0.2) is 25.5 Å².